The number of alkyl halides is 1. The number of nitrogens with zero attached hydrogens (tertiary/aromatic N) is 3. The third-order valence-corrected chi connectivity index (χ3v) is 8.92. The number of phosphoric ester groups is 1. The number of benzene rings is 3. The molecule has 2 atom stereocenters. The summed E-state index contributed by atoms with van der Waals surface area (Å²) in [4.78, 5) is 70.5. The number of carbonyl (C=O) groups is 4. The number of para-hydroxylation sites is 1. The van der Waals surface area contributed by atoms with Crippen molar-refractivity contribution in [2.45, 2.75) is 71.0 Å². The lowest BCUT2D eigenvalue weighted by atomic mass is 10.1. The van der Waals surface area contributed by atoms with E-state index < -0.39 is 31.7 Å². The van der Waals surface area contributed by atoms with Crippen molar-refractivity contribution in [1.29, 1.82) is 0 Å². The largest absolute Gasteiger partial charge is 0.524 e. The standard InChI is InChI=1S/C39H53FN7O8P/c1-27(2)36(48)44-33(14-9-12-26-41-37(49)28-16-18-29(19-17-28)45-46-30-20-22-31(23-21-30)47(3)4)38(50)42-24-10-5-6-11-25-43-39(51)35(40)32-13-7-8-15-34(32)55-56(52,53)54/h7-8,13,15-23,27,33,35H,5-6,9-12,14,24-26H2,1-4H3,(H,41,49)(H,42,50)(H,43,51)(H,44,48)(H2,52,53,54)/b46-45+. The Hall–Kier alpha value is -5.18. The number of unbranched alkanes of at least 4 members (excludes halogenated alkanes) is 4. The summed E-state index contributed by atoms with van der Waals surface area (Å²) >= 11 is 0. The van der Waals surface area contributed by atoms with Gasteiger partial charge in [-0.1, -0.05) is 44.9 Å². The van der Waals surface area contributed by atoms with Crippen LogP contribution < -0.4 is 30.7 Å². The Morgan fingerprint density at radius 2 is 1.27 bits per heavy atom. The predicted molar refractivity (Wildman–Crippen MR) is 212 cm³/mol. The van der Waals surface area contributed by atoms with Crippen molar-refractivity contribution in [3.05, 3.63) is 83.9 Å². The number of nitrogens with one attached hydrogen (secondary N) is 4. The maximum absolute atomic E-state index is 14.8. The quantitative estimate of drug-likeness (QED) is 0.0367. The third kappa shape index (κ3) is 16.3. The maximum Gasteiger partial charge on any atom is 0.524 e. The Labute approximate surface area is 327 Å². The first-order valence-corrected chi connectivity index (χ1v) is 20.1. The van der Waals surface area contributed by atoms with Crippen molar-refractivity contribution >= 4 is 48.5 Å². The van der Waals surface area contributed by atoms with E-state index in [0.29, 0.717) is 68.6 Å². The summed E-state index contributed by atoms with van der Waals surface area (Å²) < 4.78 is 30.4. The van der Waals surface area contributed by atoms with Crippen LogP contribution in [0, 0.1) is 5.92 Å². The molecule has 2 unspecified atom stereocenters. The van der Waals surface area contributed by atoms with Gasteiger partial charge in [0.15, 0.2) is 0 Å². The average molecular weight is 798 g/mol. The maximum atomic E-state index is 14.8. The lowest BCUT2D eigenvalue weighted by Gasteiger charge is -2.20. The fraction of sp³-hybridized carbons (Fsp3) is 0.436. The molecule has 4 amide bonds. The van der Waals surface area contributed by atoms with Crippen LogP contribution in [0.15, 0.2) is 83.0 Å². The van der Waals surface area contributed by atoms with Gasteiger partial charge in [0.1, 0.15) is 11.8 Å². The Morgan fingerprint density at radius 1 is 0.732 bits per heavy atom. The number of rotatable bonds is 23. The van der Waals surface area contributed by atoms with Gasteiger partial charge in [-0.15, -0.1) is 0 Å². The highest BCUT2D eigenvalue weighted by atomic mass is 31.2. The molecule has 0 fully saturated rings. The minimum Gasteiger partial charge on any atom is -0.404 e. The van der Waals surface area contributed by atoms with Crippen LogP contribution in [0.25, 0.3) is 0 Å². The summed E-state index contributed by atoms with van der Waals surface area (Å²) in [5.74, 6) is -2.44. The van der Waals surface area contributed by atoms with Crippen LogP contribution in [-0.2, 0) is 18.9 Å². The first kappa shape index (κ1) is 45.2. The van der Waals surface area contributed by atoms with Crippen molar-refractivity contribution in [2.24, 2.45) is 16.1 Å². The van der Waals surface area contributed by atoms with Crippen molar-refractivity contribution in [1.82, 2.24) is 21.3 Å². The zero-order valence-electron chi connectivity index (χ0n) is 32.2. The summed E-state index contributed by atoms with van der Waals surface area (Å²) in [5.41, 5.74) is 2.58. The number of azo groups is 1. The second-order valence-electron chi connectivity index (χ2n) is 13.6. The number of hydrogen-bond donors (Lipinski definition) is 6. The molecule has 0 saturated carbocycles. The molecule has 0 radical (unpaired) electrons. The van der Waals surface area contributed by atoms with E-state index in [1.807, 2.05) is 43.3 Å². The minimum absolute atomic E-state index is 0.184. The van der Waals surface area contributed by atoms with Crippen LogP contribution in [0.1, 0.15) is 80.9 Å². The van der Waals surface area contributed by atoms with Gasteiger partial charge in [-0.3, -0.25) is 29.0 Å². The number of phosphoric acid groups is 1. The van der Waals surface area contributed by atoms with Gasteiger partial charge in [0.2, 0.25) is 18.0 Å². The molecular weight excluding hydrogens is 744 g/mol. The van der Waals surface area contributed by atoms with Crippen LogP contribution in [0.2, 0.25) is 0 Å². The highest BCUT2D eigenvalue weighted by Crippen LogP contribution is 2.41. The molecule has 0 aromatic heterocycles. The molecule has 0 heterocycles. The zero-order chi connectivity index (χ0) is 41.1. The monoisotopic (exact) mass is 797 g/mol. The number of carbonyl (C=O) groups excluding carboxylic acids is 4. The normalized spacial score (nSPS) is 12.5. The Bertz CT molecular complexity index is 1800. The van der Waals surface area contributed by atoms with Crippen molar-refractivity contribution in [3.8, 4) is 5.75 Å². The van der Waals surface area contributed by atoms with Crippen LogP contribution >= 0.6 is 7.82 Å². The number of hydrogen-bond acceptors (Lipinski definition) is 9. The van der Waals surface area contributed by atoms with E-state index in [1.54, 1.807) is 38.1 Å². The average Bonchev–Trinajstić information content (AvgIpc) is 3.16. The van der Waals surface area contributed by atoms with Crippen molar-refractivity contribution in [2.75, 3.05) is 38.6 Å². The Balaban J connectivity index is 1.33. The van der Waals surface area contributed by atoms with Crippen molar-refractivity contribution < 1.29 is 42.4 Å². The van der Waals surface area contributed by atoms with Crippen LogP contribution in [-0.4, -0.2) is 73.2 Å². The van der Waals surface area contributed by atoms with E-state index in [1.165, 1.54) is 24.3 Å². The molecule has 0 bridgehead atoms. The summed E-state index contributed by atoms with van der Waals surface area (Å²) in [6, 6.07) is 18.9. The molecule has 3 aromatic rings. The van der Waals surface area contributed by atoms with Crippen LogP contribution in [0.5, 0.6) is 5.75 Å². The zero-order valence-corrected chi connectivity index (χ0v) is 33.1. The molecule has 17 heteroatoms. The molecule has 304 valence electrons. The van der Waals surface area contributed by atoms with Crippen LogP contribution in [0.4, 0.5) is 21.5 Å². The fourth-order valence-corrected chi connectivity index (χ4v) is 5.70. The molecule has 0 aliphatic carbocycles. The molecule has 0 aliphatic heterocycles. The molecular formula is C39H53FN7O8P. The first-order valence-electron chi connectivity index (χ1n) is 18.6. The topological polar surface area (TPSA) is 211 Å². The second kappa shape index (κ2) is 23.0. The second-order valence-corrected chi connectivity index (χ2v) is 14.8. The summed E-state index contributed by atoms with van der Waals surface area (Å²) in [6.45, 7) is 4.44. The van der Waals surface area contributed by atoms with E-state index >= 15 is 0 Å². The van der Waals surface area contributed by atoms with Gasteiger partial charge in [0, 0.05) is 56.5 Å². The summed E-state index contributed by atoms with van der Waals surface area (Å²) in [6.07, 6.45) is 1.98. The van der Waals surface area contributed by atoms with E-state index in [0.717, 1.165) is 12.1 Å². The van der Waals surface area contributed by atoms with Gasteiger partial charge in [0.25, 0.3) is 11.8 Å². The van der Waals surface area contributed by atoms with Gasteiger partial charge in [-0.25, -0.2) is 8.96 Å². The van der Waals surface area contributed by atoms with E-state index in [2.05, 4.69) is 36.0 Å². The van der Waals surface area contributed by atoms with Gasteiger partial charge >= 0.3 is 7.82 Å². The van der Waals surface area contributed by atoms with Gasteiger partial charge in [0.05, 0.1) is 11.4 Å². The smallest absolute Gasteiger partial charge is 0.404 e. The number of anilines is 1. The minimum atomic E-state index is -4.94. The predicted octanol–water partition coefficient (Wildman–Crippen LogP) is 6.18. The highest BCUT2D eigenvalue weighted by Gasteiger charge is 2.26. The number of amides is 4. The molecule has 0 saturated heterocycles. The van der Waals surface area contributed by atoms with Crippen molar-refractivity contribution in [3.63, 3.8) is 0 Å². The molecule has 15 nitrogen and oxygen atoms in total. The Kier molecular flexibility index (Phi) is 18.6. The van der Waals surface area contributed by atoms with Gasteiger partial charge in [-0.2, -0.15) is 10.2 Å². The van der Waals surface area contributed by atoms with Gasteiger partial charge in [-0.05, 0) is 86.7 Å². The molecule has 56 heavy (non-hydrogen) atoms. The molecule has 0 aliphatic rings. The summed E-state index contributed by atoms with van der Waals surface area (Å²) in [7, 11) is -1.01. The SMILES string of the molecule is CC(C)C(=O)NC(CCCCNC(=O)c1ccc(/N=N/c2ccc(N(C)C)cc2)cc1)C(=O)NCCCCCCNC(=O)C(F)c1ccccc1OP(=O)(O)O. The molecule has 0 spiro atoms. The lowest BCUT2D eigenvalue weighted by molar-refractivity contribution is -0.130. The number of halogens is 1. The summed E-state index contributed by atoms with van der Waals surface area (Å²) in [5, 5.41) is 19.5. The van der Waals surface area contributed by atoms with Crippen LogP contribution in [0.3, 0.4) is 0 Å². The van der Waals surface area contributed by atoms with Gasteiger partial charge < -0.3 is 30.7 Å². The van der Waals surface area contributed by atoms with E-state index in [-0.39, 0.29) is 35.7 Å². The first-order chi connectivity index (χ1) is 26.6. The molecule has 3 rings (SSSR count). The Morgan fingerprint density at radius 3 is 1.84 bits per heavy atom. The lowest BCUT2D eigenvalue weighted by Crippen LogP contribution is -2.48. The molecule has 3 aromatic carbocycles. The highest BCUT2D eigenvalue weighted by molar-refractivity contribution is 7.46. The fourth-order valence-electron chi connectivity index (χ4n) is 5.28. The van der Waals surface area contributed by atoms with E-state index in [9.17, 15) is 28.1 Å². The molecule has 6 N–H and O–H groups in total. The van der Waals surface area contributed by atoms with E-state index in [4.69, 9.17) is 9.79 Å². The third-order valence-electron chi connectivity index (χ3n) is 8.48.